The topological polar surface area (TPSA) is 46.4 Å². The number of anilines is 2. The number of pyridine rings is 1. The molecule has 4 heterocycles. The summed E-state index contributed by atoms with van der Waals surface area (Å²) in [5.41, 5.74) is 2.60. The largest absolute Gasteiger partial charge is 0.368 e. The van der Waals surface area contributed by atoms with Gasteiger partial charge in [-0.25, -0.2) is 15.0 Å². The number of rotatable bonds is 2. The van der Waals surface area contributed by atoms with E-state index in [0.29, 0.717) is 0 Å². The third-order valence-corrected chi connectivity index (χ3v) is 5.71. The molecule has 0 bridgehead atoms. The number of piperazine rings is 1. The SMILES string of the molecule is Cc1sc2ncnc(N3CCN(c4cc[nH+]cc4)CC3)c2c1C. The molecule has 1 saturated heterocycles. The van der Waals surface area contributed by atoms with Crippen LogP contribution in [0.25, 0.3) is 10.2 Å². The lowest BCUT2D eigenvalue weighted by molar-refractivity contribution is -0.377. The number of hydrogen-bond acceptors (Lipinski definition) is 5. The van der Waals surface area contributed by atoms with Crippen molar-refractivity contribution >= 4 is 33.1 Å². The van der Waals surface area contributed by atoms with E-state index in [1.165, 1.54) is 21.5 Å². The van der Waals surface area contributed by atoms with Gasteiger partial charge in [0.25, 0.3) is 0 Å². The molecule has 0 radical (unpaired) electrons. The molecule has 3 aromatic heterocycles. The zero-order valence-corrected chi connectivity index (χ0v) is 14.2. The third-order valence-electron chi connectivity index (χ3n) is 4.59. The van der Waals surface area contributed by atoms with Crippen LogP contribution in [0.4, 0.5) is 11.5 Å². The highest BCUT2D eigenvalue weighted by Crippen LogP contribution is 2.34. The first-order chi connectivity index (χ1) is 11.2. The molecule has 0 atom stereocenters. The predicted octanol–water partition coefficient (Wildman–Crippen LogP) is 2.45. The molecule has 1 N–H and O–H groups in total. The van der Waals surface area contributed by atoms with E-state index in [-0.39, 0.29) is 0 Å². The average Bonchev–Trinajstić information content (AvgIpc) is 2.90. The van der Waals surface area contributed by atoms with E-state index >= 15 is 0 Å². The van der Waals surface area contributed by atoms with Crippen LogP contribution in [0, 0.1) is 13.8 Å². The molecule has 1 aliphatic heterocycles. The third kappa shape index (κ3) is 2.53. The molecule has 23 heavy (non-hydrogen) atoms. The van der Waals surface area contributed by atoms with Crippen molar-refractivity contribution in [2.45, 2.75) is 13.8 Å². The van der Waals surface area contributed by atoms with E-state index in [1.54, 1.807) is 17.7 Å². The highest BCUT2D eigenvalue weighted by Gasteiger charge is 2.22. The Morgan fingerprint density at radius 3 is 2.43 bits per heavy atom. The Hall–Kier alpha value is -2.21. The molecular weight excluding hydrogens is 306 g/mol. The molecule has 118 valence electrons. The highest BCUT2D eigenvalue weighted by molar-refractivity contribution is 7.18. The molecule has 0 amide bonds. The van der Waals surface area contributed by atoms with Crippen molar-refractivity contribution in [2.24, 2.45) is 0 Å². The number of aromatic nitrogens is 3. The number of nitrogens with one attached hydrogen (secondary N) is 1. The molecule has 0 aromatic carbocycles. The molecule has 4 rings (SSSR count). The van der Waals surface area contributed by atoms with Crippen LogP contribution in [0.1, 0.15) is 10.4 Å². The summed E-state index contributed by atoms with van der Waals surface area (Å²) in [5.74, 6) is 1.10. The van der Waals surface area contributed by atoms with Gasteiger partial charge in [0.1, 0.15) is 17.0 Å². The van der Waals surface area contributed by atoms with Gasteiger partial charge in [0.15, 0.2) is 12.4 Å². The molecule has 0 spiro atoms. The van der Waals surface area contributed by atoms with Gasteiger partial charge in [-0.05, 0) is 19.4 Å². The molecule has 1 aliphatic rings. The van der Waals surface area contributed by atoms with Crippen molar-refractivity contribution in [1.82, 2.24) is 9.97 Å². The van der Waals surface area contributed by atoms with Crippen LogP contribution in [-0.4, -0.2) is 36.1 Å². The summed E-state index contributed by atoms with van der Waals surface area (Å²) in [7, 11) is 0. The number of aryl methyl sites for hydroxylation is 2. The van der Waals surface area contributed by atoms with Gasteiger partial charge in [0.05, 0.1) is 5.39 Å². The maximum atomic E-state index is 4.60. The van der Waals surface area contributed by atoms with Crippen molar-refractivity contribution in [1.29, 1.82) is 0 Å². The monoisotopic (exact) mass is 326 g/mol. The normalized spacial score (nSPS) is 15.4. The summed E-state index contributed by atoms with van der Waals surface area (Å²) < 4.78 is 0. The van der Waals surface area contributed by atoms with Gasteiger partial charge >= 0.3 is 0 Å². The average molecular weight is 326 g/mol. The van der Waals surface area contributed by atoms with Crippen molar-refractivity contribution < 1.29 is 4.98 Å². The number of H-pyrrole nitrogens is 1. The first-order valence-corrected chi connectivity index (χ1v) is 8.72. The fourth-order valence-corrected chi connectivity index (χ4v) is 4.16. The Morgan fingerprint density at radius 1 is 1.00 bits per heavy atom. The number of fused-ring (bicyclic) bond motifs is 1. The van der Waals surface area contributed by atoms with E-state index in [9.17, 15) is 0 Å². The summed E-state index contributed by atoms with van der Waals surface area (Å²) in [6.07, 6.45) is 5.66. The van der Waals surface area contributed by atoms with Crippen LogP contribution in [0.5, 0.6) is 0 Å². The standard InChI is InChI=1S/C17H19N5S/c1-12-13(2)23-17-15(12)16(19-11-20-17)22-9-7-21(8-10-22)14-3-5-18-6-4-14/h3-6,11H,7-10H2,1-2H3/p+1. The molecule has 5 nitrogen and oxygen atoms in total. The lowest BCUT2D eigenvalue weighted by atomic mass is 10.2. The van der Waals surface area contributed by atoms with Gasteiger partial charge in [0, 0.05) is 48.9 Å². The lowest BCUT2D eigenvalue weighted by Gasteiger charge is -2.36. The van der Waals surface area contributed by atoms with Crippen LogP contribution < -0.4 is 14.8 Å². The van der Waals surface area contributed by atoms with Crippen LogP contribution in [0.3, 0.4) is 0 Å². The lowest BCUT2D eigenvalue weighted by Crippen LogP contribution is -2.47. The summed E-state index contributed by atoms with van der Waals surface area (Å²) >= 11 is 1.76. The number of hydrogen-bond donors (Lipinski definition) is 0. The zero-order chi connectivity index (χ0) is 15.8. The van der Waals surface area contributed by atoms with E-state index in [4.69, 9.17) is 0 Å². The molecule has 0 saturated carbocycles. The van der Waals surface area contributed by atoms with Crippen molar-refractivity contribution in [2.75, 3.05) is 36.0 Å². The van der Waals surface area contributed by atoms with Crippen molar-refractivity contribution in [3.63, 3.8) is 0 Å². The first kappa shape index (κ1) is 14.4. The van der Waals surface area contributed by atoms with E-state index in [2.05, 4.69) is 50.7 Å². The Bertz CT molecular complexity index is 822. The van der Waals surface area contributed by atoms with Gasteiger partial charge in [-0.3, -0.25) is 0 Å². The molecule has 3 aromatic rings. The van der Waals surface area contributed by atoms with Crippen LogP contribution in [0.15, 0.2) is 30.9 Å². The van der Waals surface area contributed by atoms with Crippen LogP contribution in [0.2, 0.25) is 0 Å². The number of aromatic amines is 1. The Labute approximate surface area is 139 Å². The Morgan fingerprint density at radius 2 is 1.70 bits per heavy atom. The molecule has 0 aliphatic carbocycles. The minimum absolute atomic E-state index is 0.985. The molecule has 1 fully saturated rings. The van der Waals surface area contributed by atoms with Gasteiger partial charge in [0.2, 0.25) is 0 Å². The Kier molecular flexibility index (Phi) is 3.61. The number of nitrogens with zero attached hydrogens (tertiary/aromatic N) is 4. The second kappa shape index (κ2) is 5.77. The van der Waals surface area contributed by atoms with E-state index < -0.39 is 0 Å². The van der Waals surface area contributed by atoms with Crippen molar-refractivity contribution in [3.8, 4) is 0 Å². The number of thiophene rings is 1. The summed E-state index contributed by atoms with van der Waals surface area (Å²) in [6.45, 7) is 8.33. The molecule has 6 heteroatoms. The van der Waals surface area contributed by atoms with Gasteiger partial charge in [-0.1, -0.05) is 0 Å². The fraction of sp³-hybridized carbons (Fsp3) is 0.353. The smallest absolute Gasteiger partial charge is 0.169 e. The van der Waals surface area contributed by atoms with E-state index in [1.807, 2.05) is 12.4 Å². The van der Waals surface area contributed by atoms with Crippen molar-refractivity contribution in [3.05, 3.63) is 41.3 Å². The maximum Gasteiger partial charge on any atom is 0.169 e. The van der Waals surface area contributed by atoms with Crippen LogP contribution >= 0.6 is 11.3 Å². The van der Waals surface area contributed by atoms with Gasteiger partial charge in [-0.2, -0.15) is 0 Å². The summed E-state index contributed by atoms with van der Waals surface area (Å²) in [5, 5.41) is 1.23. The fourth-order valence-electron chi connectivity index (χ4n) is 3.17. The van der Waals surface area contributed by atoms with E-state index in [0.717, 1.165) is 36.8 Å². The minimum atomic E-state index is 0.985. The maximum absolute atomic E-state index is 4.60. The minimum Gasteiger partial charge on any atom is -0.368 e. The van der Waals surface area contributed by atoms with Gasteiger partial charge in [-0.15, -0.1) is 11.3 Å². The quantitative estimate of drug-likeness (QED) is 0.726. The van der Waals surface area contributed by atoms with Gasteiger partial charge < -0.3 is 9.80 Å². The predicted molar refractivity (Wildman–Crippen MR) is 94.3 cm³/mol. The molecule has 0 unspecified atom stereocenters. The molecular formula is C17H20N5S+. The Balaban J connectivity index is 1.59. The zero-order valence-electron chi connectivity index (χ0n) is 13.4. The highest BCUT2D eigenvalue weighted by atomic mass is 32.1. The second-order valence-electron chi connectivity index (χ2n) is 5.89. The first-order valence-electron chi connectivity index (χ1n) is 7.91. The summed E-state index contributed by atoms with van der Waals surface area (Å²) in [4.78, 5) is 19.4. The summed E-state index contributed by atoms with van der Waals surface area (Å²) in [6, 6.07) is 4.26. The van der Waals surface area contributed by atoms with Crippen LogP contribution in [-0.2, 0) is 0 Å². The second-order valence-corrected chi connectivity index (χ2v) is 7.10.